The maximum Gasteiger partial charge on any atom is 0.261 e. The van der Waals surface area contributed by atoms with E-state index in [0.29, 0.717) is 50.1 Å². The molecule has 162 valence electrons. The van der Waals surface area contributed by atoms with Gasteiger partial charge in [0.1, 0.15) is 5.82 Å². The molecule has 2 heterocycles. The second kappa shape index (κ2) is 8.98. The molecule has 0 saturated carbocycles. The van der Waals surface area contributed by atoms with Crippen LogP contribution in [0.2, 0.25) is 0 Å². The topological polar surface area (TPSA) is 75.7 Å². The van der Waals surface area contributed by atoms with Gasteiger partial charge in [-0.2, -0.15) is 0 Å². The van der Waals surface area contributed by atoms with E-state index in [9.17, 15) is 18.8 Å². The molecule has 7 heteroatoms. The van der Waals surface area contributed by atoms with Gasteiger partial charge in [0.2, 0.25) is 5.91 Å². The van der Waals surface area contributed by atoms with Crippen molar-refractivity contribution >= 4 is 17.7 Å². The van der Waals surface area contributed by atoms with Gasteiger partial charge in [-0.1, -0.05) is 24.3 Å². The molecule has 4 rings (SSSR count). The Morgan fingerprint density at radius 3 is 2.35 bits per heavy atom. The van der Waals surface area contributed by atoms with Crippen LogP contribution in [0.3, 0.4) is 0 Å². The largest absolute Gasteiger partial charge is 0.381 e. The standard InChI is InChI=1S/C24H25FN2O4/c25-18-6-3-5-17(15-18)24(10-13-31-14-11-24)16-26-21(28)9-4-12-27-22(29)19-7-1-2-8-20(19)23(27)30/h1-3,5-8,15H,4,9-14,16H2,(H,26,28). The highest BCUT2D eigenvalue weighted by molar-refractivity contribution is 6.21. The van der Waals surface area contributed by atoms with Crippen molar-refractivity contribution in [2.45, 2.75) is 31.1 Å². The van der Waals surface area contributed by atoms with Crippen LogP contribution in [0.1, 0.15) is 52.0 Å². The lowest BCUT2D eigenvalue weighted by Gasteiger charge is -2.38. The number of benzene rings is 2. The maximum atomic E-state index is 13.8. The predicted molar refractivity (Wildman–Crippen MR) is 112 cm³/mol. The smallest absolute Gasteiger partial charge is 0.261 e. The molecule has 31 heavy (non-hydrogen) atoms. The van der Waals surface area contributed by atoms with Crippen molar-refractivity contribution in [1.82, 2.24) is 10.2 Å². The van der Waals surface area contributed by atoms with Crippen LogP contribution in [0.5, 0.6) is 0 Å². The highest BCUT2D eigenvalue weighted by Crippen LogP contribution is 2.34. The second-order valence-corrected chi connectivity index (χ2v) is 8.09. The molecule has 0 radical (unpaired) electrons. The molecule has 2 aromatic rings. The van der Waals surface area contributed by atoms with Crippen LogP contribution in [0.15, 0.2) is 48.5 Å². The number of imide groups is 1. The van der Waals surface area contributed by atoms with Crippen molar-refractivity contribution in [3.05, 3.63) is 71.0 Å². The fourth-order valence-electron chi connectivity index (χ4n) is 4.34. The van der Waals surface area contributed by atoms with Crippen LogP contribution < -0.4 is 5.32 Å². The summed E-state index contributed by atoms with van der Waals surface area (Å²) in [7, 11) is 0. The fourth-order valence-corrected chi connectivity index (χ4v) is 4.34. The lowest BCUT2D eigenvalue weighted by Crippen LogP contribution is -2.44. The van der Waals surface area contributed by atoms with Gasteiger partial charge in [0.25, 0.3) is 11.8 Å². The number of halogens is 1. The number of rotatable bonds is 7. The van der Waals surface area contributed by atoms with Crippen LogP contribution in [0.25, 0.3) is 0 Å². The van der Waals surface area contributed by atoms with E-state index in [1.807, 2.05) is 6.07 Å². The quantitative estimate of drug-likeness (QED) is 0.693. The SMILES string of the molecule is O=C(CCCN1C(=O)c2ccccc2C1=O)NCC1(c2cccc(F)c2)CCOCC1. The Balaban J connectivity index is 1.32. The van der Waals surface area contributed by atoms with E-state index in [2.05, 4.69) is 5.32 Å². The van der Waals surface area contributed by atoms with Gasteiger partial charge in [-0.15, -0.1) is 0 Å². The summed E-state index contributed by atoms with van der Waals surface area (Å²) in [6.45, 7) is 1.71. The molecule has 3 amide bonds. The van der Waals surface area contributed by atoms with Crippen molar-refractivity contribution in [3.63, 3.8) is 0 Å². The van der Waals surface area contributed by atoms with Crippen molar-refractivity contribution in [1.29, 1.82) is 0 Å². The molecule has 2 aliphatic heterocycles. The summed E-state index contributed by atoms with van der Waals surface area (Å²) in [5, 5.41) is 2.97. The van der Waals surface area contributed by atoms with Gasteiger partial charge >= 0.3 is 0 Å². The van der Waals surface area contributed by atoms with Crippen LogP contribution in [0, 0.1) is 5.82 Å². The Labute approximate surface area is 180 Å². The van der Waals surface area contributed by atoms with Crippen LogP contribution in [0.4, 0.5) is 4.39 Å². The highest BCUT2D eigenvalue weighted by atomic mass is 19.1. The Hall–Kier alpha value is -3.06. The van der Waals surface area contributed by atoms with Crippen molar-refractivity contribution in [2.24, 2.45) is 0 Å². The first kappa shape index (κ1) is 21.2. The van der Waals surface area contributed by atoms with E-state index in [4.69, 9.17) is 4.74 Å². The van der Waals surface area contributed by atoms with Crippen molar-refractivity contribution in [3.8, 4) is 0 Å². The zero-order chi connectivity index (χ0) is 21.8. The molecule has 0 bridgehead atoms. The molecule has 0 aromatic heterocycles. The molecule has 2 aromatic carbocycles. The fraction of sp³-hybridized carbons (Fsp3) is 0.375. The minimum absolute atomic E-state index is 0.154. The second-order valence-electron chi connectivity index (χ2n) is 8.09. The summed E-state index contributed by atoms with van der Waals surface area (Å²) in [4.78, 5) is 38.5. The maximum absolute atomic E-state index is 13.8. The van der Waals surface area contributed by atoms with E-state index in [1.54, 1.807) is 30.3 Å². The third-order valence-electron chi connectivity index (χ3n) is 6.17. The van der Waals surface area contributed by atoms with Crippen LogP contribution >= 0.6 is 0 Å². The van der Waals surface area contributed by atoms with Gasteiger partial charge in [-0.25, -0.2) is 4.39 Å². The van der Waals surface area contributed by atoms with Gasteiger partial charge in [0, 0.05) is 38.1 Å². The summed E-state index contributed by atoms with van der Waals surface area (Å²) in [5.41, 5.74) is 1.32. The summed E-state index contributed by atoms with van der Waals surface area (Å²) in [6.07, 6.45) is 1.98. The summed E-state index contributed by atoms with van der Waals surface area (Å²) in [5.74, 6) is -1.07. The van der Waals surface area contributed by atoms with Gasteiger partial charge < -0.3 is 10.1 Å². The zero-order valence-corrected chi connectivity index (χ0v) is 17.2. The average molecular weight is 424 g/mol. The Morgan fingerprint density at radius 2 is 1.71 bits per heavy atom. The van der Waals surface area contributed by atoms with Crippen LogP contribution in [-0.4, -0.2) is 48.9 Å². The number of hydrogen-bond donors (Lipinski definition) is 1. The minimum Gasteiger partial charge on any atom is -0.381 e. The summed E-state index contributed by atoms with van der Waals surface area (Å²) in [6, 6.07) is 13.3. The zero-order valence-electron chi connectivity index (χ0n) is 17.2. The molecule has 0 aliphatic carbocycles. The number of carbonyl (C=O) groups excluding carboxylic acids is 3. The van der Waals surface area contributed by atoms with Gasteiger partial charge in [0.05, 0.1) is 11.1 Å². The molecule has 1 fully saturated rings. The molecule has 0 spiro atoms. The monoisotopic (exact) mass is 424 g/mol. The number of ether oxygens (including phenoxy) is 1. The molecular weight excluding hydrogens is 399 g/mol. The van der Waals surface area contributed by atoms with Gasteiger partial charge in [-0.05, 0) is 49.1 Å². The summed E-state index contributed by atoms with van der Waals surface area (Å²) >= 11 is 0. The number of fused-ring (bicyclic) bond motifs is 1. The first-order valence-corrected chi connectivity index (χ1v) is 10.6. The van der Waals surface area contributed by atoms with Crippen molar-refractivity contribution < 1.29 is 23.5 Å². The van der Waals surface area contributed by atoms with E-state index >= 15 is 0 Å². The Kier molecular flexibility index (Phi) is 6.13. The lowest BCUT2D eigenvalue weighted by molar-refractivity contribution is -0.121. The summed E-state index contributed by atoms with van der Waals surface area (Å²) < 4.78 is 19.3. The number of nitrogens with one attached hydrogen (secondary N) is 1. The van der Waals surface area contributed by atoms with Crippen LogP contribution in [-0.2, 0) is 14.9 Å². The normalized spacial score (nSPS) is 17.5. The van der Waals surface area contributed by atoms with Gasteiger partial charge in [0.15, 0.2) is 0 Å². The number of carbonyl (C=O) groups is 3. The van der Waals surface area contributed by atoms with E-state index in [-0.39, 0.29) is 41.9 Å². The number of amides is 3. The molecular formula is C24H25FN2O4. The third kappa shape index (κ3) is 4.37. The molecule has 6 nitrogen and oxygen atoms in total. The minimum atomic E-state index is -0.363. The highest BCUT2D eigenvalue weighted by Gasteiger charge is 2.36. The molecule has 0 unspecified atom stereocenters. The first-order chi connectivity index (χ1) is 15.0. The van der Waals surface area contributed by atoms with E-state index < -0.39 is 0 Å². The Morgan fingerprint density at radius 1 is 1.03 bits per heavy atom. The van der Waals surface area contributed by atoms with E-state index in [0.717, 1.165) is 5.56 Å². The van der Waals surface area contributed by atoms with E-state index in [1.165, 1.54) is 17.0 Å². The molecule has 0 atom stereocenters. The first-order valence-electron chi connectivity index (χ1n) is 10.6. The Bertz CT molecular complexity index is 966. The average Bonchev–Trinajstić information content (AvgIpc) is 3.03. The molecule has 1 N–H and O–H groups in total. The number of hydrogen-bond acceptors (Lipinski definition) is 4. The molecule has 2 aliphatic rings. The van der Waals surface area contributed by atoms with Gasteiger partial charge in [-0.3, -0.25) is 19.3 Å². The number of nitrogens with zero attached hydrogens (tertiary/aromatic N) is 1. The lowest BCUT2D eigenvalue weighted by atomic mass is 9.74. The molecule has 1 saturated heterocycles. The predicted octanol–water partition coefficient (Wildman–Crippen LogP) is 3.07. The third-order valence-corrected chi connectivity index (χ3v) is 6.17. The van der Waals surface area contributed by atoms with Crippen molar-refractivity contribution in [2.75, 3.05) is 26.3 Å².